The Labute approximate surface area is 168 Å². The summed E-state index contributed by atoms with van der Waals surface area (Å²) >= 11 is 6.95. The highest BCUT2D eigenvalue weighted by Crippen LogP contribution is 2.38. The maximum Gasteiger partial charge on any atom is 0.416 e. The van der Waals surface area contributed by atoms with Crippen molar-refractivity contribution in [2.45, 2.75) is 12.4 Å². The van der Waals surface area contributed by atoms with Crippen LogP contribution in [0.2, 0.25) is 5.28 Å². The zero-order valence-corrected chi connectivity index (χ0v) is 15.5. The molecule has 0 unspecified atom stereocenters. The molecule has 0 aliphatic heterocycles. The highest BCUT2D eigenvalue weighted by molar-refractivity contribution is 7.13. The van der Waals surface area contributed by atoms with Gasteiger partial charge in [-0.3, -0.25) is 4.79 Å². The largest absolute Gasteiger partial charge is 0.416 e. The van der Waals surface area contributed by atoms with Crippen LogP contribution in [-0.2, 0) is 12.4 Å². The lowest BCUT2D eigenvalue weighted by Gasteiger charge is -2.15. The topological polar surface area (TPSA) is 54.9 Å². The Balaban J connectivity index is 2.02. The molecule has 3 aromatic rings. The number of carbonyl (C=O) groups is 1. The highest BCUT2D eigenvalue weighted by atomic mass is 35.5. The molecule has 0 fully saturated rings. The number of aromatic nitrogens is 2. The van der Waals surface area contributed by atoms with Crippen molar-refractivity contribution in [3.63, 3.8) is 0 Å². The molecule has 0 bridgehead atoms. The molecule has 0 atom stereocenters. The van der Waals surface area contributed by atoms with Crippen molar-refractivity contribution in [3.8, 4) is 10.6 Å². The Morgan fingerprint density at radius 1 is 1.03 bits per heavy atom. The molecule has 0 radical (unpaired) electrons. The molecule has 12 heteroatoms. The van der Waals surface area contributed by atoms with Crippen molar-refractivity contribution in [1.82, 2.24) is 9.97 Å². The first-order chi connectivity index (χ1) is 13.4. The molecule has 2 aromatic heterocycles. The van der Waals surface area contributed by atoms with Crippen molar-refractivity contribution in [3.05, 3.63) is 63.9 Å². The van der Waals surface area contributed by atoms with Crippen molar-refractivity contribution in [2.24, 2.45) is 0 Å². The number of benzene rings is 1. The molecule has 29 heavy (non-hydrogen) atoms. The van der Waals surface area contributed by atoms with Crippen molar-refractivity contribution < 1.29 is 31.1 Å². The Bertz CT molecular complexity index is 1020. The summed E-state index contributed by atoms with van der Waals surface area (Å²) in [5.41, 5.74) is -3.84. The lowest BCUT2D eigenvalue weighted by atomic mass is 10.1. The number of rotatable bonds is 3. The number of nitrogens with zero attached hydrogens (tertiary/aromatic N) is 2. The Morgan fingerprint density at radius 3 is 2.17 bits per heavy atom. The Hall–Kier alpha value is -2.66. The van der Waals surface area contributed by atoms with Crippen LogP contribution in [0.25, 0.3) is 10.6 Å². The van der Waals surface area contributed by atoms with Crippen LogP contribution in [0.4, 0.5) is 32.0 Å². The Morgan fingerprint density at radius 2 is 1.66 bits per heavy atom. The maximum absolute atomic E-state index is 13.0. The van der Waals surface area contributed by atoms with Gasteiger partial charge in [0.1, 0.15) is 0 Å². The predicted molar refractivity (Wildman–Crippen MR) is 94.8 cm³/mol. The fraction of sp³-hybridized carbons (Fsp3) is 0.118. The van der Waals surface area contributed by atoms with Crippen molar-refractivity contribution in [2.75, 3.05) is 5.32 Å². The van der Waals surface area contributed by atoms with Crippen LogP contribution in [0.15, 0.2) is 41.9 Å². The van der Waals surface area contributed by atoms with E-state index in [1.165, 1.54) is 11.3 Å². The van der Waals surface area contributed by atoms with E-state index in [1.807, 2.05) is 5.32 Å². The zero-order chi connectivity index (χ0) is 21.4. The predicted octanol–water partition coefficient (Wildman–Crippen LogP) is 6.15. The molecule has 1 N–H and O–H groups in total. The van der Waals surface area contributed by atoms with Gasteiger partial charge in [0.2, 0.25) is 5.28 Å². The van der Waals surface area contributed by atoms with Crippen LogP contribution < -0.4 is 5.32 Å². The van der Waals surface area contributed by atoms with E-state index in [0.29, 0.717) is 17.0 Å². The lowest BCUT2D eigenvalue weighted by Crippen LogP contribution is -2.17. The van der Waals surface area contributed by atoms with Gasteiger partial charge in [-0.25, -0.2) is 9.97 Å². The third-order valence-electron chi connectivity index (χ3n) is 3.60. The minimum absolute atomic E-state index is 0.0296. The second kappa shape index (κ2) is 7.64. The summed E-state index contributed by atoms with van der Waals surface area (Å²) in [6.07, 6.45) is -9.03. The van der Waals surface area contributed by atoms with Gasteiger partial charge in [-0.15, -0.1) is 11.3 Å². The van der Waals surface area contributed by atoms with Gasteiger partial charge >= 0.3 is 12.4 Å². The van der Waals surface area contributed by atoms with Gasteiger partial charge in [0.25, 0.3) is 5.91 Å². The number of nitrogens with one attached hydrogen (secondary N) is 1. The monoisotopic (exact) mass is 451 g/mol. The van der Waals surface area contributed by atoms with Gasteiger partial charge in [-0.1, -0.05) is 6.07 Å². The van der Waals surface area contributed by atoms with Gasteiger partial charge in [0.15, 0.2) is 0 Å². The molecule has 0 saturated heterocycles. The van der Waals surface area contributed by atoms with E-state index >= 15 is 0 Å². The number of hydrogen-bond acceptors (Lipinski definition) is 4. The molecule has 2 heterocycles. The average molecular weight is 452 g/mol. The zero-order valence-electron chi connectivity index (χ0n) is 13.9. The van der Waals surface area contributed by atoms with Crippen LogP contribution >= 0.6 is 22.9 Å². The van der Waals surface area contributed by atoms with E-state index in [1.54, 1.807) is 17.5 Å². The van der Waals surface area contributed by atoms with Crippen LogP contribution in [0.1, 0.15) is 21.5 Å². The number of carbonyl (C=O) groups excluding carboxylic acids is 1. The molecular formula is C17H8ClF6N3OS. The van der Waals surface area contributed by atoms with E-state index < -0.39 is 35.1 Å². The number of thiophene rings is 1. The molecule has 152 valence electrons. The summed E-state index contributed by atoms with van der Waals surface area (Å²) in [5.74, 6) is -0.988. The first kappa shape index (κ1) is 21.1. The SMILES string of the molecule is O=C(Nc1cc(C(F)(F)F)cc(C(F)(F)F)c1)c1cnc(Cl)nc1-c1cccs1. The van der Waals surface area contributed by atoms with E-state index in [-0.39, 0.29) is 22.6 Å². The maximum atomic E-state index is 13.0. The van der Waals surface area contributed by atoms with E-state index in [0.717, 1.165) is 6.20 Å². The third-order valence-corrected chi connectivity index (χ3v) is 4.66. The summed E-state index contributed by atoms with van der Waals surface area (Å²) in [5, 5.41) is 3.56. The van der Waals surface area contributed by atoms with E-state index in [9.17, 15) is 31.1 Å². The number of anilines is 1. The van der Waals surface area contributed by atoms with Crippen LogP contribution in [0, 0.1) is 0 Å². The normalized spacial score (nSPS) is 12.1. The summed E-state index contributed by atoms with van der Waals surface area (Å²) in [6, 6.07) is 4.08. The molecule has 0 spiro atoms. The fourth-order valence-electron chi connectivity index (χ4n) is 2.35. The average Bonchev–Trinajstić information content (AvgIpc) is 3.14. The van der Waals surface area contributed by atoms with Crippen molar-refractivity contribution in [1.29, 1.82) is 0 Å². The van der Waals surface area contributed by atoms with E-state index in [2.05, 4.69) is 9.97 Å². The quantitative estimate of drug-likeness (QED) is 0.384. The lowest BCUT2D eigenvalue weighted by molar-refractivity contribution is -0.143. The van der Waals surface area contributed by atoms with Crippen LogP contribution in [-0.4, -0.2) is 15.9 Å². The first-order valence-corrected chi connectivity index (χ1v) is 8.88. The second-order valence-electron chi connectivity index (χ2n) is 5.63. The first-order valence-electron chi connectivity index (χ1n) is 7.62. The summed E-state index contributed by atoms with van der Waals surface area (Å²) in [7, 11) is 0. The van der Waals surface area contributed by atoms with Gasteiger partial charge in [-0.05, 0) is 41.2 Å². The molecule has 3 rings (SSSR count). The van der Waals surface area contributed by atoms with Gasteiger partial charge in [0, 0.05) is 11.9 Å². The van der Waals surface area contributed by atoms with E-state index in [4.69, 9.17) is 11.6 Å². The minimum atomic E-state index is -5.04. The van der Waals surface area contributed by atoms with Gasteiger partial charge < -0.3 is 5.32 Å². The van der Waals surface area contributed by atoms with Crippen LogP contribution in [0.3, 0.4) is 0 Å². The third kappa shape index (κ3) is 4.85. The molecule has 1 amide bonds. The minimum Gasteiger partial charge on any atom is -0.322 e. The number of halogens is 7. The van der Waals surface area contributed by atoms with Crippen molar-refractivity contribution >= 4 is 34.5 Å². The van der Waals surface area contributed by atoms with Gasteiger partial charge in [0.05, 0.1) is 27.3 Å². The molecule has 4 nitrogen and oxygen atoms in total. The molecular weight excluding hydrogens is 444 g/mol. The molecule has 0 aliphatic carbocycles. The molecule has 0 aliphatic rings. The number of amides is 1. The molecule has 1 aromatic carbocycles. The van der Waals surface area contributed by atoms with Gasteiger partial charge in [-0.2, -0.15) is 26.3 Å². The summed E-state index contributed by atoms with van der Waals surface area (Å²) < 4.78 is 77.9. The standard InChI is InChI=1S/C17H8ClF6N3OS/c18-15-25-7-11(13(27-15)12-2-1-3-29-12)14(28)26-10-5-8(16(19,20)21)4-9(6-10)17(22,23)24/h1-7H,(H,26,28). The van der Waals surface area contributed by atoms with Crippen LogP contribution in [0.5, 0.6) is 0 Å². The number of hydrogen-bond donors (Lipinski definition) is 1. The Kier molecular flexibility index (Phi) is 5.54. The summed E-state index contributed by atoms with van der Waals surface area (Å²) in [4.78, 5) is 20.7. The molecule has 0 saturated carbocycles. The smallest absolute Gasteiger partial charge is 0.322 e. The summed E-state index contributed by atoms with van der Waals surface area (Å²) in [6.45, 7) is 0. The fourth-order valence-corrected chi connectivity index (χ4v) is 3.21. The highest BCUT2D eigenvalue weighted by Gasteiger charge is 2.37. The second-order valence-corrected chi connectivity index (χ2v) is 6.91. The number of alkyl halides is 6.